The van der Waals surface area contributed by atoms with Gasteiger partial charge in [0.15, 0.2) is 11.6 Å². The average Bonchev–Trinajstić information content (AvgIpc) is 2.87. The number of ether oxygens (including phenoxy) is 1. The number of rotatable bonds is 2. The lowest BCUT2D eigenvalue weighted by Crippen LogP contribution is -2.05. The molecule has 0 radical (unpaired) electrons. The lowest BCUT2D eigenvalue weighted by atomic mass is 9.91. The van der Waals surface area contributed by atoms with E-state index in [0.717, 1.165) is 16.5 Å². The van der Waals surface area contributed by atoms with E-state index < -0.39 is 11.6 Å². The maximum Gasteiger partial charge on any atom is 0.348 e. The first-order valence-electron chi connectivity index (χ1n) is 6.39. The quantitative estimate of drug-likeness (QED) is 0.783. The van der Waals surface area contributed by atoms with Gasteiger partial charge in [-0.1, -0.05) is 6.07 Å². The zero-order valence-corrected chi connectivity index (χ0v) is 11.7. The number of hydrogen-bond acceptors (Lipinski definition) is 3. The van der Waals surface area contributed by atoms with Crippen LogP contribution in [0.5, 0.6) is 0 Å². The van der Waals surface area contributed by atoms with Gasteiger partial charge in [-0.2, -0.15) is 0 Å². The van der Waals surface area contributed by atoms with Crippen LogP contribution in [0.4, 0.5) is 8.78 Å². The standard InChI is InChI=1S/C15H12F2O2S/c1-2-19-15(18)12-7-8-3-4-9-10(14(8)20-12)5-6-11(16)13(9)17/h5-7H,2-4H2,1H3. The second kappa shape index (κ2) is 4.98. The summed E-state index contributed by atoms with van der Waals surface area (Å²) in [4.78, 5) is 13.1. The number of esters is 1. The van der Waals surface area contributed by atoms with Gasteiger partial charge in [-0.15, -0.1) is 11.3 Å². The van der Waals surface area contributed by atoms with Crippen molar-refractivity contribution in [1.29, 1.82) is 0 Å². The maximum absolute atomic E-state index is 13.8. The van der Waals surface area contributed by atoms with Gasteiger partial charge >= 0.3 is 5.97 Å². The van der Waals surface area contributed by atoms with Crippen molar-refractivity contribution in [2.45, 2.75) is 19.8 Å². The fourth-order valence-corrected chi connectivity index (χ4v) is 3.61. The van der Waals surface area contributed by atoms with Crippen LogP contribution in [0.25, 0.3) is 10.4 Å². The fraction of sp³-hybridized carbons (Fsp3) is 0.267. The summed E-state index contributed by atoms with van der Waals surface area (Å²) >= 11 is 1.28. The molecule has 0 atom stereocenters. The number of hydrogen-bond donors (Lipinski definition) is 0. The highest BCUT2D eigenvalue weighted by Crippen LogP contribution is 2.41. The van der Waals surface area contributed by atoms with Gasteiger partial charge in [0.1, 0.15) is 4.88 Å². The van der Waals surface area contributed by atoms with Gasteiger partial charge in [-0.3, -0.25) is 0 Å². The van der Waals surface area contributed by atoms with Crippen molar-refractivity contribution in [2.75, 3.05) is 6.61 Å². The van der Waals surface area contributed by atoms with Gasteiger partial charge in [0.25, 0.3) is 0 Å². The fourth-order valence-electron chi connectivity index (χ4n) is 2.45. The first-order chi connectivity index (χ1) is 9.61. The molecule has 0 saturated carbocycles. The molecule has 0 fully saturated rings. The van der Waals surface area contributed by atoms with Crippen LogP contribution < -0.4 is 0 Å². The van der Waals surface area contributed by atoms with Gasteiger partial charge in [0, 0.05) is 4.88 Å². The van der Waals surface area contributed by atoms with Crippen LogP contribution >= 0.6 is 11.3 Å². The molecule has 104 valence electrons. The molecule has 0 saturated heterocycles. The molecular formula is C15H12F2O2S. The minimum atomic E-state index is -0.825. The molecule has 5 heteroatoms. The van der Waals surface area contributed by atoms with Crippen molar-refractivity contribution in [2.24, 2.45) is 0 Å². The molecule has 2 aromatic rings. The molecular weight excluding hydrogens is 282 g/mol. The Labute approximate surface area is 119 Å². The Morgan fingerprint density at radius 1 is 1.35 bits per heavy atom. The number of aryl methyl sites for hydroxylation is 1. The monoisotopic (exact) mass is 294 g/mol. The van der Waals surface area contributed by atoms with E-state index in [1.165, 1.54) is 11.3 Å². The van der Waals surface area contributed by atoms with E-state index >= 15 is 0 Å². The summed E-state index contributed by atoms with van der Waals surface area (Å²) in [5.41, 5.74) is 2.08. The Balaban J connectivity index is 2.08. The Morgan fingerprint density at radius 3 is 2.90 bits per heavy atom. The van der Waals surface area contributed by atoms with E-state index in [-0.39, 0.29) is 5.97 Å². The predicted octanol–water partition coefficient (Wildman–Crippen LogP) is 3.97. The smallest absolute Gasteiger partial charge is 0.348 e. The Kier molecular flexibility index (Phi) is 3.30. The summed E-state index contributed by atoms with van der Waals surface area (Å²) in [6.45, 7) is 2.07. The van der Waals surface area contributed by atoms with Crippen LogP contribution in [0.1, 0.15) is 27.7 Å². The third-order valence-corrected chi connectivity index (χ3v) is 4.56. The minimum absolute atomic E-state index is 0.317. The normalized spacial score (nSPS) is 12.8. The Hall–Kier alpha value is -1.75. The van der Waals surface area contributed by atoms with Crippen molar-refractivity contribution in [3.63, 3.8) is 0 Å². The summed E-state index contributed by atoms with van der Waals surface area (Å²) in [7, 11) is 0. The molecule has 1 aliphatic rings. The minimum Gasteiger partial charge on any atom is -0.462 e. The Bertz CT molecular complexity index is 691. The highest BCUT2D eigenvalue weighted by molar-refractivity contribution is 7.17. The highest BCUT2D eigenvalue weighted by atomic mass is 32.1. The summed E-state index contributed by atoms with van der Waals surface area (Å²) < 4.78 is 32.0. The average molecular weight is 294 g/mol. The van der Waals surface area contributed by atoms with Crippen LogP contribution in [0.2, 0.25) is 0 Å². The molecule has 2 nitrogen and oxygen atoms in total. The van der Waals surface area contributed by atoms with Crippen LogP contribution in [-0.4, -0.2) is 12.6 Å². The first-order valence-corrected chi connectivity index (χ1v) is 7.20. The van der Waals surface area contributed by atoms with Crippen LogP contribution in [0, 0.1) is 11.6 Å². The van der Waals surface area contributed by atoms with E-state index in [1.807, 2.05) is 0 Å². The number of halogens is 2. The number of benzene rings is 1. The summed E-state index contributed by atoms with van der Waals surface area (Å²) in [6, 6.07) is 4.51. The van der Waals surface area contributed by atoms with E-state index in [9.17, 15) is 13.6 Å². The summed E-state index contributed by atoms with van der Waals surface area (Å²) in [5, 5.41) is 0. The third kappa shape index (κ3) is 2.02. The summed E-state index contributed by atoms with van der Waals surface area (Å²) in [6.07, 6.45) is 1.06. The van der Waals surface area contributed by atoms with Gasteiger partial charge in [-0.05, 0) is 48.6 Å². The van der Waals surface area contributed by atoms with Gasteiger partial charge in [0.2, 0.25) is 0 Å². The van der Waals surface area contributed by atoms with Crippen molar-refractivity contribution in [3.8, 4) is 10.4 Å². The predicted molar refractivity (Wildman–Crippen MR) is 73.0 cm³/mol. The van der Waals surface area contributed by atoms with Crippen LogP contribution in [0.3, 0.4) is 0 Å². The highest BCUT2D eigenvalue weighted by Gasteiger charge is 2.25. The largest absolute Gasteiger partial charge is 0.462 e. The zero-order valence-electron chi connectivity index (χ0n) is 10.8. The molecule has 3 rings (SSSR count). The lowest BCUT2D eigenvalue weighted by molar-refractivity contribution is 0.0532. The molecule has 1 aliphatic carbocycles. The topological polar surface area (TPSA) is 26.3 Å². The van der Waals surface area contributed by atoms with Crippen LogP contribution in [0.15, 0.2) is 18.2 Å². The first kappa shape index (κ1) is 13.2. The second-order valence-corrected chi connectivity index (χ2v) is 5.63. The van der Waals surface area contributed by atoms with Crippen molar-refractivity contribution >= 4 is 17.3 Å². The molecule has 0 unspecified atom stereocenters. The van der Waals surface area contributed by atoms with E-state index in [0.29, 0.717) is 35.5 Å². The molecule has 20 heavy (non-hydrogen) atoms. The van der Waals surface area contributed by atoms with Crippen molar-refractivity contribution in [1.82, 2.24) is 0 Å². The molecule has 0 bridgehead atoms. The molecule has 0 N–H and O–H groups in total. The van der Waals surface area contributed by atoms with Crippen LogP contribution in [-0.2, 0) is 17.6 Å². The van der Waals surface area contributed by atoms with Gasteiger partial charge in [0.05, 0.1) is 6.61 Å². The molecule has 1 aromatic heterocycles. The Morgan fingerprint density at radius 2 is 2.15 bits per heavy atom. The molecule has 1 aromatic carbocycles. The molecule has 0 spiro atoms. The third-order valence-electron chi connectivity index (χ3n) is 3.37. The second-order valence-electron chi connectivity index (χ2n) is 4.57. The van der Waals surface area contributed by atoms with Gasteiger partial charge in [-0.25, -0.2) is 13.6 Å². The SMILES string of the molecule is CCOC(=O)c1cc2c(s1)-c1ccc(F)c(F)c1CC2. The van der Waals surface area contributed by atoms with Crippen molar-refractivity contribution < 1.29 is 18.3 Å². The van der Waals surface area contributed by atoms with E-state index in [1.54, 1.807) is 19.1 Å². The lowest BCUT2D eigenvalue weighted by Gasteiger charge is -2.16. The molecule has 1 heterocycles. The van der Waals surface area contributed by atoms with E-state index in [4.69, 9.17) is 4.74 Å². The van der Waals surface area contributed by atoms with Crippen molar-refractivity contribution in [3.05, 3.63) is 45.8 Å². The zero-order chi connectivity index (χ0) is 14.3. The molecule has 0 amide bonds. The van der Waals surface area contributed by atoms with E-state index in [2.05, 4.69) is 0 Å². The number of thiophene rings is 1. The summed E-state index contributed by atoms with van der Waals surface area (Å²) in [5.74, 6) is -1.97. The number of carbonyl (C=O) groups excluding carboxylic acids is 1. The van der Waals surface area contributed by atoms with Gasteiger partial charge < -0.3 is 4.74 Å². The maximum atomic E-state index is 13.8. The molecule has 0 aliphatic heterocycles. The number of carbonyl (C=O) groups is 1. The number of fused-ring (bicyclic) bond motifs is 3.